The second-order valence-electron chi connectivity index (χ2n) is 6.50. The van der Waals surface area contributed by atoms with Crippen molar-refractivity contribution in [1.82, 2.24) is 9.97 Å². The number of nitrogens with two attached hydrogens (primary N) is 1. The van der Waals surface area contributed by atoms with Crippen LogP contribution in [0.2, 0.25) is 0 Å². The summed E-state index contributed by atoms with van der Waals surface area (Å²) in [5.41, 5.74) is 6.74. The standard InChI is InChI=1S/C16H27N3O/c1-4-20-16(9-7-15(2,3)8-10-16)14-18-12-6-13(19-14)5-11-17/h6,12H,4-5,7-11,17H2,1-3H3. The van der Waals surface area contributed by atoms with Crippen LogP contribution in [0.25, 0.3) is 0 Å². The summed E-state index contributed by atoms with van der Waals surface area (Å²) >= 11 is 0. The normalized spacial score (nSPS) is 20.8. The van der Waals surface area contributed by atoms with Gasteiger partial charge in [-0.2, -0.15) is 0 Å². The van der Waals surface area contributed by atoms with Gasteiger partial charge < -0.3 is 10.5 Å². The Morgan fingerprint density at radius 1 is 1.25 bits per heavy atom. The van der Waals surface area contributed by atoms with Crippen LogP contribution in [0, 0.1) is 5.41 Å². The monoisotopic (exact) mass is 277 g/mol. The maximum Gasteiger partial charge on any atom is 0.160 e. The zero-order valence-corrected chi connectivity index (χ0v) is 13.0. The van der Waals surface area contributed by atoms with E-state index in [1.54, 1.807) is 0 Å². The van der Waals surface area contributed by atoms with E-state index in [9.17, 15) is 0 Å². The Hall–Kier alpha value is -1.00. The molecule has 0 atom stereocenters. The van der Waals surface area contributed by atoms with Gasteiger partial charge in [0.1, 0.15) is 5.60 Å². The molecule has 0 saturated heterocycles. The number of hydrogen-bond donors (Lipinski definition) is 1. The van der Waals surface area contributed by atoms with Gasteiger partial charge in [0, 0.05) is 24.9 Å². The molecule has 2 rings (SSSR count). The van der Waals surface area contributed by atoms with Crippen LogP contribution < -0.4 is 5.73 Å². The average molecular weight is 277 g/mol. The molecule has 0 unspecified atom stereocenters. The van der Waals surface area contributed by atoms with E-state index in [2.05, 4.69) is 18.8 Å². The second kappa shape index (κ2) is 6.19. The van der Waals surface area contributed by atoms with E-state index >= 15 is 0 Å². The highest BCUT2D eigenvalue weighted by Gasteiger charge is 2.42. The van der Waals surface area contributed by atoms with Gasteiger partial charge in [-0.25, -0.2) is 9.97 Å². The Morgan fingerprint density at radius 3 is 2.55 bits per heavy atom. The summed E-state index contributed by atoms with van der Waals surface area (Å²) in [6.45, 7) is 8.02. The summed E-state index contributed by atoms with van der Waals surface area (Å²) in [7, 11) is 0. The van der Waals surface area contributed by atoms with Crippen molar-refractivity contribution in [1.29, 1.82) is 0 Å². The minimum Gasteiger partial charge on any atom is -0.367 e. The summed E-state index contributed by atoms with van der Waals surface area (Å²) in [6.07, 6.45) is 6.94. The highest BCUT2D eigenvalue weighted by atomic mass is 16.5. The first kappa shape index (κ1) is 15.4. The molecule has 0 amide bonds. The molecule has 4 nitrogen and oxygen atoms in total. The second-order valence-corrected chi connectivity index (χ2v) is 6.50. The van der Waals surface area contributed by atoms with Crippen LogP contribution in [-0.4, -0.2) is 23.1 Å². The molecule has 0 bridgehead atoms. The van der Waals surface area contributed by atoms with Gasteiger partial charge >= 0.3 is 0 Å². The first-order valence-electron chi connectivity index (χ1n) is 7.68. The predicted molar refractivity (Wildman–Crippen MR) is 80.3 cm³/mol. The lowest BCUT2D eigenvalue weighted by Crippen LogP contribution is -2.39. The van der Waals surface area contributed by atoms with Gasteiger partial charge in [-0.1, -0.05) is 13.8 Å². The lowest BCUT2D eigenvalue weighted by molar-refractivity contribution is -0.0949. The molecule has 0 spiro atoms. The molecule has 1 fully saturated rings. The van der Waals surface area contributed by atoms with Crippen molar-refractivity contribution in [3.05, 3.63) is 23.8 Å². The maximum absolute atomic E-state index is 6.13. The summed E-state index contributed by atoms with van der Waals surface area (Å²) in [4.78, 5) is 9.22. The fraction of sp³-hybridized carbons (Fsp3) is 0.750. The molecular weight excluding hydrogens is 250 g/mol. The Morgan fingerprint density at radius 2 is 1.95 bits per heavy atom. The number of nitrogens with zero attached hydrogens (tertiary/aromatic N) is 2. The Bertz CT molecular complexity index is 435. The zero-order valence-electron chi connectivity index (χ0n) is 13.0. The third-order valence-electron chi connectivity index (χ3n) is 4.35. The van der Waals surface area contributed by atoms with Crippen LogP contribution in [0.15, 0.2) is 12.3 Å². The van der Waals surface area contributed by atoms with Crippen LogP contribution in [0.5, 0.6) is 0 Å². The molecule has 1 saturated carbocycles. The van der Waals surface area contributed by atoms with Gasteiger partial charge in [0.25, 0.3) is 0 Å². The maximum atomic E-state index is 6.13. The van der Waals surface area contributed by atoms with E-state index in [0.29, 0.717) is 18.6 Å². The van der Waals surface area contributed by atoms with Gasteiger partial charge in [-0.05, 0) is 50.6 Å². The van der Waals surface area contributed by atoms with E-state index < -0.39 is 0 Å². The molecule has 1 aromatic rings. The van der Waals surface area contributed by atoms with Gasteiger partial charge in [0.05, 0.1) is 0 Å². The quantitative estimate of drug-likeness (QED) is 0.899. The highest BCUT2D eigenvalue weighted by molar-refractivity contribution is 5.11. The van der Waals surface area contributed by atoms with Crippen molar-refractivity contribution in [2.75, 3.05) is 13.2 Å². The van der Waals surface area contributed by atoms with Crippen LogP contribution in [-0.2, 0) is 16.8 Å². The van der Waals surface area contributed by atoms with E-state index in [-0.39, 0.29) is 5.60 Å². The molecule has 1 heterocycles. The van der Waals surface area contributed by atoms with E-state index in [4.69, 9.17) is 15.5 Å². The summed E-state index contributed by atoms with van der Waals surface area (Å²) in [6, 6.07) is 1.95. The van der Waals surface area contributed by atoms with E-state index in [0.717, 1.165) is 43.6 Å². The fourth-order valence-corrected chi connectivity index (χ4v) is 2.94. The average Bonchev–Trinajstić information content (AvgIpc) is 2.42. The van der Waals surface area contributed by atoms with Crippen LogP contribution in [0.4, 0.5) is 0 Å². The van der Waals surface area contributed by atoms with Crippen LogP contribution >= 0.6 is 0 Å². The lowest BCUT2D eigenvalue weighted by Gasteiger charge is -2.42. The highest BCUT2D eigenvalue weighted by Crippen LogP contribution is 2.46. The van der Waals surface area contributed by atoms with Gasteiger partial charge in [0.15, 0.2) is 5.82 Å². The topological polar surface area (TPSA) is 61.0 Å². The molecule has 0 aliphatic heterocycles. The Balaban J connectivity index is 2.26. The molecule has 0 radical (unpaired) electrons. The van der Waals surface area contributed by atoms with Crippen molar-refractivity contribution < 1.29 is 4.74 Å². The van der Waals surface area contributed by atoms with Crippen molar-refractivity contribution in [3.8, 4) is 0 Å². The van der Waals surface area contributed by atoms with Crippen molar-refractivity contribution >= 4 is 0 Å². The summed E-state index contributed by atoms with van der Waals surface area (Å²) in [5.74, 6) is 0.848. The molecule has 112 valence electrons. The number of rotatable bonds is 5. The predicted octanol–water partition coefficient (Wildman–Crippen LogP) is 2.81. The van der Waals surface area contributed by atoms with Gasteiger partial charge in [-0.15, -0.1) is 0 Å². The molecule has 4 heteroatoms. The molecule has 0 aromatic carbocycles. The SMILES string of the molecule is CCOC1(c2nccc(CCN)n2)CCC(C)(C)CC1. The molecule has 2 N–H and O–H groups in total. The number of aromatic nitrogens is 2. The molecule has 1 aliphatic carbocycles. The number of ether oxygens (including phenoxy) is 1. The summed E-state index contributed by atoms with van der Waals surface area (Å²) < 4.78 is 6.13. The lowest BCUT2D eigenvalue weighted by atomic mass is 9.70. The first-order chi connectivity index (χ1) is 9.51. The minimum absolute atomic E-state index is 0.297. The van der Waals surface area contributed by atoms with Crippen LogP contribution in [0.1, 0.15) is 58.0 Å². The minimum atomic E-state index is -0.297. The first-order valence-corrected chi connectivity index (χ1v) is 7.68. The molecule has 1 aliphatic rings. The van der Waals surface area contributed by atoms with Crippen molar-refractivity contribution in [3.63, 3.8) is 0 Å². The zero-order chi connectivity index (χ0) is 14.6. The molecule has 20 heavy (non-hydrogen) atoms. The number of hydrogen-bond acceptors (Lipinski definition) is 4. The van der Waals surface area contributed by atoms with Gasteiger partial charge in [-0.3, -0.25) is 0 Å². The molecular formula is C16H27N3O. The Kier molecular flexibility index (Phi) is 4.76. The Labute approximate surface area is 122 Å². The fourth-order valence-electron chi connectivity index (χ4n) is 2.94. The smallest absolute Gasteiger partial charge is 0.160 e. The van der Waals surface area contributed by atoms with Gasteiger partial charge in [0.2, 0.25) is 0 Å². The summed E-state index contributed by atoms with van der Waals surface area (Å²) in [5, 5.41) is 0. The molecule has 1 aromatic heterocycles. The van der Waals surface area contributed by atoms with Crippen molar-refractivity contribution in [2.45, 2.75) is 58.5 Å². The van der Waals surface area contributed by atoms with E-state index in [1.165, 1.54) is 0 Å². The van der Waals surface area contributed by atoms with Crippen molar-refractivity contribution in [2.24, 2.45) is 11.1 Å². The largest absolute Gasteiger partial charge is 0.367 e. The third kappa shape index (κ3) is 3.36. The van der Waals surface area contributed by atoms with Crippen LogP contribution in [0.3, 0.4) is 0 Å². The van der Waals surface area contributed by atoms with E-state index in [1.807, 2.05) is 19.2 Å². The third-order valence-corrected chi connectivity index (χ3v) is 4.35.